The van der Waals surface area contributed by atoms with Gasteiger partial charge in [-0.15, -0.1) is 0 Å². The van der Waals surface area contributed by atoms with Crippen molar-refractivity contribution in [1.29, 1.82) is 0 Å². The van der Waals surface area contributed by atoms with Crippen molar-refractivity contribution >= 4 is 5.69 Å². The average molecular weight is 260 g/mol. The molecule has 2 aliphatic rings. The zero-order valence-corrected chi connectivity index (χ0v) is 11.8. The van der Waals surface area contributed by atoms with Gasteiger partial charge in [-0.05, 0) is 43.4 Å². The molecule has 0 saturated carbocycles. The largest absolute Gasteiger partial charge is 0.384 e. The third kappa shape index (κ3) is 2.93. The van der Waals surface area contributed by atoms with E-state index in [2.05, 4.69) is 34.5 Å². The number of nitrogens with one attached hydrogen (secondary N) is 1. The van der Waals surface area contributed by atoms with Gasteiger partial charge in [0, 0.05) is 31.9 Å². The van der Waals surface area contributed by atoms with Gasteiger partial charge in [0.05, 0.1) is 6.61 Å². The van der Waals surface area contributed by atoms with Gasteiger partial charge in [0.2, 0.25) is 0 Å². The molecule has 1 aromatic rings. The monoisotopic (exact) mass is 260 g/mol. The number of ether oxygens (including phenoxy) is 1. The van der Waals surface area contributed by atoms with Gasteiger partial charge in [0.25, 0.3) is 0 Å². The van der Waals surface area contributed by atoms with E-state index in [-0.39, 0.29) is 0 Å². The van der Waals surface area contributed by atoms with Crippen LogP contribution in [0.1, 0.15) is 18.4 Å². The summed E-state index contributed by atoms with van der Waals surface area (Å²) in [4.78, 5) is 2.66. The molecule has 19 heavy (non-hydrogen) atoms. The smallest absolute Gasteiger partial charge is 0.0503 e. The van der Waals surface area contributed by atoms with E-state index in [1.54, 1.807) is 0 Å². The third-order valence-electron chi connectivity index (χ3n) is 4.53. The number of likely N-dealkylation sites (tertiary alicyclic amines) is 1. The molecule has 0 aliphatic carbocycles. The Morgan fingerprint density at radius 3 is 3.11 bits per heavy atom. The fourth-order valence-electron chi connectivity index (χ4n) is 3.44. The fourth-order valence-corrected chi connectivity index (χ4v) is 3.44. The number of fused-ring (bicyclic) bond motifs is 1. The molecule has 2 unspecified atom stereocenters. The Bertz CT molecular complexity index is 394. The van der Waals surface area contributed by atoms with Crippen LogP contribution < -0.4 is 5.32 Å². The number of aryl methyl sites for hydroxylation is 1. The highest BCUT2D eigenvalue weighted by molar-refractivity contribution is 5.52. The SMILES string of the molecule is COCC1CCN(C2CCc3ccccc3NC2)C1. The van der Waals surface area contributed by atoms with E-state index in [0.717, 1.165) is 19.1 Å². The molecule has 0 bridgehead atoms. The first-order valence-corrected chi connectivity index (χ1v) is 7.41. The normalized spacial score (nSPS) is 27.6. The maximum atomic E-state index is 5.29. The summed E-state index contributed by atoms with van der Waals surface area (Å²) in [6, 6.07) is 9.40. The first kappa shape index (κ1) is 12.9. The van der Waals surface area contributed by atoms with E-state index in [1.165, 1.54) is 43.6 Å². The van der Waals surface area contributed by atoms with Crippen LogP contribution in [0.2, 0.25) is 0 Å². The molecule has 1 N–H and O–H groups in total. The maximum Gasteiger partial charge on any atom is 0.0503 e. The predicted octanol–water partition coefficient (Wildman–Crippen LogP) is 2.38. The quantitative estimate of drug-likeness (QED) is 0.903. The summed E-state index contributed by atoms with van der Waals surface area (Å²) in [7, 11) is 1.81. The second-order valence-corrected chi connectivity index (χ2v) is 5.84. The number of nitrogens with zero attached hydrogens (tertiary/aromatic N) is 1. The highest BCUT2D eigenvalue weighted by Gasteiger charge is 2.29. The minimum absolute atomic E-state index is 0.675. The van der Waals surface area contributed by atoms with Crippen LogP contribution in [0, 0.1) is 5.92 Å². The van der Waals surface area contributed by atoms with Crippen LogP contribution in [0.4, 0.5) is 5.69 Å². The van der Waals surface area contributed by atoms with Crippen molar-refractivity contribution in [2.45, 2.75) is 25.3 Å². The highest BCUT2D eigenvalue weighted by Crippen LogP contribution is 2.26. The van der Waals surface area contributed by atoms with Gasteiger partial charge in [-0.1, -0.05) is 18.2 Å². The summed E-state index contributed by atoms with van der Waals surface area (Å²) in [5, 5.41) is 3.63. The summed E-state index contributed by atoms with van der Waals surface area (Å²) < 4.78 is 5.29. The summed E-state index contributed by atoms with van der Waals surface area (Å²) in [5.74, 6) is 0.732. The van der Waals surface area contributed by atoms with E-state index < -0.39 is 0 Å². The van der Waals surface area contributed by atoms with Crippen LogP contribution in [0.25, 0.3) is 0 Å². The van der Waals surface area contributed by atoms with Gasteiger partial charge in [0.1, 0.15) is 0 Å². The first-order chi connectivity index (χ1) is 9.36. The number of benzene rings is 1. The van der Waals surface area contributed by atoms with Crippen molar-refractivity contribution in [3.8, 4) is 0 Å². The molecule has 0 radical (unpaired) electrons. The summed E-state index contributed by atoms with van der Waals surface area (Å²) in [6.07, 6.45) is 3.75. The average Bonchev–Trinajstić information content (AvgIpc) is 2.79. The molecule has 3 heteroatoms. The van der Waals surface area contributed by atoms with Gasteiger partial charge in [-0.2, -0.15) is 0 Å². The lowest BCUT2D eigenvalue weighted by Crippen LogP contribution is -2.38. The Labute approximate surface area is 115 Å². The van der Waals surface area contributed by atoms with Crippen LogP contribution in [0.3, 0.4) is 0 Å². The lowest BCUT2D eigenvalue weighted by atomic mass is 10.1. The lowest BCUT2D eigenvalue weighted by Gasteiger charge is -2.26. The molecule has 0 aromatic heterocycles. The van der Waals surface area contributed by atoms with Crippen molar-refractivity contribution in [3.63, 3.8) is 0 Å². The fraction of sp³-hybridized carbons (Fsp3) is 0.625. The summed E-state index contributed by atoms with van der Waals surface area (Å²) in [5.41, 5.74) is 2.80. The Morgan fingerprint density at radius 1 is 1.32 bits per heavy atom. The third-order valence-corrected chi connectivity index (χ3v) is 4.53. The predicted molar refractivity (Wildman–Crippen MR) is 78.6 cm³/mol. The van der Waals surface area contributed by atoms with Crippen LogP contribution in [0.15, 0.2) is 24.3 Å². The van der Waals surface area contributed by atoms with Gasteiger partial charge < -0.3 is 10.1 Å². The molecule has 1 saturated heterocycles. The molecule has 0 spiro atoms. The topological polar surface area (TPSA) is 24.5 Å². The Hall–Kier alpha value is -1.06. The Kier molecular flexibility index (Phi) is 4.04. The molecule has 1 fully saturated rings. The van der Waals surface area contributed by atoms with Crippen molar-refractivity contribution in [2.75, 3.05) is 38.7 Å². The van der Waals surface area contributed by atoms with Gasteiger partial charge >= 0.3 is 0 Å². The summed E-state index contributed by atoms with van der Waals surface area (Å²) >= 11 is 0. The van der Waals surface area contributed by atoms with Crippen LogP contribution in [0.5, 0.6) is 0 Å². The van der Waals surface area contributed by atoms with E-state index in [0.29, 0.717) is 6.04 Å². The van der Waals surface area contributed by atoms with Crippen molar-refractivity contribution in [3.05, 3.63) is 29.8 Å². The molecule has 0 amide bonds. The van der Waals surface area contributed by atoms with E-state index >= 15 is 0 Å². The van der Waals surface area contributed by atoms with Gasteiger partial charge in [-0.3, -0.25) is 4.90 Å². The number of para-hydroxylation sites is 1. The molecule has 1 aromatic carbocycles. The highest BCUT2D eigenvalue weighted by atomic mass is 16.5. The van der Waals surface area contributed by atoms with E-state index in [9.17, 15) is 0 Å². The van der Waals surface area contributed by atoms with E-state index in [4.69, 9.17) is 4.74 Å². The van der Waals surface area contributed by atoms with Crippen molar-refractivity contribution in [2.24, 2.45) is 5.92 Å². The van der Waals surface area contributed by atoms with Gasteiger partial charge in [-0.25, -0.2) is 0 Å². The van der Waals surface area contributed by atoms with Gasteiger partial charge in [0.15, 0.2) is 0 Å². The lowest BCUT2D eigenvalue weighted by molar-refractivity contribution is 0.147. The maximum absolute atomic E-state index is 5.29. The minimum atomic E-state index is 0.675. The molecular weight excluding hydrogens is 236 g/mol. The Morgan fingerprint density at radius 2 is 2.21 bits per heavy atom. The molecule has 2 atom stereocenters. The number of rotatable bonds is 3. The second kappa shape index (κ2) is 5.93. The van der Waals surface area contributed by atoms with Crippen molar-refractivity contribution in [1.82, 2.24) is 4.90 Å². The van der Waals surface area contributed by atoms with Crippen molar-refractivity contribution < 1.29 is 4.74 Å². The van der Waals surface area contributed by atoms with Crippen LogP contribution >= 0.6 is 0 Å². The van der Waals surface area contributed by atoms with Crippen LogP contribution in [-0.4, -0.2) is 44.3 Å². The Balaban J connectivity index is 1.60. The molecule has 2 heterocycles. The number of hydrogen-bond acceptors (Lipinski definition) is 3. The second-order valence-electron chi connectivity index (χ2n) is 5.84. The zero-order valence-electron chi connectivity index (χ0n) is 11.8. The minimum Gasteiger partial charge on any atom is -0.384 e. The zero-order chi connectivity index (χ0) is 13.1. The molecule has 104 valence electrons. The summed E-state index contributed by atoms with van der Waals surface area (Å²) in [6.45, 7) is 4.43. The number of hydrogen-bond donors (Lipinski definition) is 1. The number of anilines is 1. The van der Waals surface area contributed by atoms with E-state index in [1.807, 2.05) is 7.11 Å². The molecule has 2 aliphatic heterocycles. The molecular formula is C16H24N2O. The molecule has 3 nitrogen and oxygen atoms in total. The van der Waals surface area contributed by atoms with Crippen LogP contribution in [-0.2, 0) is 11.2 Å². The standard InChI is InChI=1S/C16H24N2O/c1-19-12-13-8-9-18(11-13)15-7-6-14-4-2-3-5-16(14)17-10-15/h2-5,13,15,17H,6-12H2,1H3. The first-order valence-electron chi connectivity index (χ1n) is 7.41. The molecule has 3 rings (SSSR count). The number of methoxy groups -OCH3 is 1.